The van der Waals surface area contributed by atoms with Crippen molar-refractivity contribution in [1.29, 1.82) is 0 Å². The van der Waals surface area contributed by atoms with Gasteiger partial charge in [-0.15, -0.1) is 0 Å². The topological polar surface area (TPSA) is 59.0 Å². The lowest BCUT2D eigenvalue weighted by molar-refractivity contribution is -0.113. The van der Waals surface area contributed by atoms with Gasteiger partial charge in [0.05, 0.1) is 0 Å². The molecule has 1 fully saturated rings. The van der Waals surface area contributed by atoms with E-state index in [0.717, 1.165) is 12.8 Å². The van der Waals surface area contributed by atoms with Crippen molar-refractivity contribution in [1.82, 2.24) is 4.90 Å². The Bertz CT molecular complexity index is 442. The molecule has 1 aliphatic carbocycles. The summed E-state index contributed by atoms with van der Waals surface area (Å²) in [6.07, 6.45) is 5.06. The van der Waals surface area contributed by atoms with Crippen LogP contribution in [-0.4, -0.2) is 35.1 Å². The number of ketones is 1. The zero-order valence-corrected chi connectivity index (χ0v) is 11.7. The molecule has 1 saturated carbocycles. The fraction of sp³-hybridized carbons (Fsp3) is 0.643. The van der Waals surface area contributed by atoms with Gasteiger partial charge < -0.3 is 4.74 Å². The maximum absolute atomic E-state index is 12.2. The molecule has 0 N–H and O–H groups in total. The highest BCUT2D eigenvalue weighted by atomic mass is 16.6. The van der Waals surface area contributed by atoms with Gasteiger partial charge in [0.15, 0.2) is 5.78 Å². The molecule has 104 valence electrons. The third-order valence-electron chi connectivity index (χ3n) is 2.83. The molecule has 1 heterocycles. The van der Waals surface area contributed by atoms with Crippen LogP contribution in [0.5, 0.6) is 0 Å². The van der Waals surface area contributed by atoms with Crippen LogP contribution in [0.15, 0.2) is 16.9 Å². The minimum absolute atomic E-state index is 0.0330. The average molecular weight is 264 g/mol. The normalized spacial score (nSPS) is 19.1. The van der Waals surface area contributed by atoms with Crippen molar-refractivity contribution in [2.45, 2.75) is 45.6 Å². The predicted octanol–water partition coefficient (Wildman–Crippen LogP) is 2.52. The van der Waals surface area contributed by atoms with Crippen molar-refractivity contribution in [2.75, 3.05) is 6.54 Å². The van der Waals surface area contributed by atoms with Crippen LogP contribution in [0.25, 0.3) is 0 Å². The summed E-state index contributed by atoms with van der Waals surface area (Å²) in [7, 11) is 0. The van der Waals surface area contributed by atoms with Crippen molar-refractivity contribution in [3.63, 3.8) is 0 Å². The molecule has 0 unspecified atom stereocenters. The minimum Gasteiger partial charge on any atom is -0.443 e. The molecule has 5 nitrogen and oxygen atoms in total. The molecule has 0 atom stereocenters. The van der Waals surface area contributed by atoms with E-state index in [4.69, 9.17) is 4.74 Å². The van der Waals surface area contributed by atoms with E-state index in [9.17, 15) is 9.59 Å². The Morgan fingerprint density at radius 2 is 2.16 bits per heavy atom. The van der Waals surface area contributed by atoms with Crippen LogP contribution in [0.2, 0.25) is 0 Å². The van der Waals surface area contributed by atoms with E-state index in [1.807, 2.05) is 20.8 Å². The van der Waals surface area contributed by atoms with Gasteiger partial charge in [0.2, 0.25) is 0 Å². The van der Waals surface area contributed by atoms with Crippen molar-refractivity contribution in [2.24, 2.45) is 10.9 Å². The van der Waals surface area contributed by atoms with E-state index < -0.39 is 11.7 Å². The maximum atomic E-state index is 12.2. The second-order valence-electron chi connectivity index (χ2n) is 6.02. The number of hydrogen-bond donors (Lipinski definition) is 0. The number of rotatable bonds is 3. The van der Waals surface area contributed by atoms with Crippen LogP contribution in [0.3, 0.4) is 0 Å². The first-order valence-electron chi connectivity index (χ1n) is 6.63. The minimum atomic E-state index is -0.554. The number of allylic oxidation sites excluding steroid dienone is 1. The number of nitrogens with zero attached hydrogens (tertiary/aromatic N) is 2. The first-order valence-corrected chi connectivity index (χ1v) is 6.63. The maximum Gasteiger partial charge on any atom is 0.416 e. The zero-order chi connectivity index (χ0) is 14.0. The zero-order valence-electron chi connectivity index (χ0n) is 11.7. The van der Waals surface area contributed by atoms with Crippen LogP contribution >= 0.6 is 0 Å². The third kappa shape index (κ3) is 4.19. The Labute approximate surface area is 113 Å². The summed E-state index contributed by atoms with van der Waals surface area (Å²) in [4.78, 5) is 29.3. The molecule has 0 aromatic carbocycles. The highest BCUT2D eigenvalue weighted by molar-refractivity contribution is 6.01. The van der Waals surface area contributed by atoms with Crippen molar-refractivity contribution in [3.05, 3.63) is 11.9 Å². The van der Waals surface area contributed by atoms with Gasteiger partial charge in [0.1, 0.15) is 11.4 Å². The van der Waals surface area contributed by atoms with Gasteiger partial charge in [-0.1, -0.05) is 0 Å². The van der Waals surface area contributed by atoms with E-state index in [-0.39, 0.29) is 5.78 Å². The molecule has 0 bridgehead atoms. The summed E-state index contributed by atoms with van der Waals surface area (Å²) in [6.45, 7) is 6.04. The van der Waals surface area contributed by atoms with E-state index in [1.54, 1.807) is 6.21 Å². The molecule has 0 aromatic rings. The molecule has 0 saturated heterocycles. The highest BCUT2D eigenvalue weighted by Gasteiger charge is 2.32. The summed E-state index contributed by atoms with van der Waals surface area (Å²) in [5.41, 5.74) is -0.554. The number of amides is 1. The molecular formula is C14H20N2O3. The number of ether oxygens (including phenoxy) is 1. The molecule has 19 heavy (non-hydrogen) atoms. The van der Waals surface area contributed by atoms with E-state index in [1.165, 1.54) is 11.0 Å². The fourth-order valence-corrected chi connectivity index (χ4v) is 1.75. The lowest BCUT2D eigenvalue weighted by Crippen LogP contribution is -2.37. The largest absolute Gasteiger partial charge is 0.443 e. The third-order valence-corrected chi connectivity index (χ3v) is 2.83. The number of carbonyl (C=O) groups is 2. The Morgan fingerprint density at radius 3 is 2.68 bits per heavy atom. The summed E-state index contributed by atoms with van der Waals surface area (Å²) >= 11 is 0. The monoisotopic (exact) mass is 264 g/mol. The van der Waals surface area contributed by atoms with Crippen LogP contribution in [0.1, 0.15) is 40.0 Å². The Kier molecular flexibility index (Phi) is 3.73. The second kappa shape index (κ2) is 5.15. The van der Waals surface area contributed by atoms with Crippen molar-refractivity contribution >= 4 is 18.1 Å². The molecule has 1 amide bonds. The van der Waals surface area contributed by atoms with Gasteiger partial charge in [0.25, 0.3) is 0 Å². The van der Waals surface area contributed by atoms with Crippen LogP contribution < -0.4 is 0 Å². The summed E-state index contributed by atoms with van der Waals surface area (Å²) in [5.74, 6) is 0.868. The standard InChI is InChI=1S/C14H20N2O3/c1-14(2,3)19-13(18)16(9-10-4-5-10)12-8-11(17)6-7-15-12/h7-8,10H,4-6,9H2,1-3H3. The second-order valence-corrected chi connectivity index (χ2v) is 6.02. The molecule has 0 aromatic heterocycles. The molecule has 5 heteroatoms. The van der Waals surface area contributed by atoms with Crippen molar-refractivity contribution in [3.8, 4) is 0 Å². The van der Waals surface area contributed by atoms with Crippen LogP contribution in [0, 0.1) is 5.92 Å². The average Bonchev–Trinajstić information content (AvgIpc) is 3.07. The molecule has 2 aliphatic rings. The quantitative estimate of drug-likeness (QED) is 0.787. The van der Waals surface area contributed by atoms with E-state index >= 15 is 0 Å². The molecule has 1 aliphatic heterocycles. The van der Waals surface area contributed by atoms with Gasteiger partial charge >= 0.3 is 6.09 Å². The Hall–Kier alpha value is -1.65. The number of aliphatic imine (C=N–C) groups is 1. The van der Waals surface area contributed by atoms with Crippen LogP contribution in [-0.2, 0) is 9.53 Å². The lowest BCUT2D eigenvalue weighted by Gasteiger charge is -2.28. The Morgan fingerprint density at radius 1 is 1.47 bits per heavy atom. The SMILES string of the molecule is CC(C)(C)OC(=O)N(CC1CC1)C1=CC(=O)CC=N1. The molecule has 2 rings (SSSR count). The first kappa shape index (κ1) is 13.8. The van der Waals surface area contributed by atoms with Crippen LogP contribution in [0.4, 0.5) is 4.79 Å². The lowest BCUT2D eigenvalue weighted by atomic mass is 10.2. The van der Waals surface area contributed by atoms with Gasteiger partial charge in [-0.3, -0.25) is 9.69 Å². The van der Waals surface area contributed by atoms with Crippen molar-refractivity contribution < 1.29 is 14.3 Å². The first-order chi connectivity index (χ1) is 8.85. The van der Waals surface area contributed by atoms with Gasteiger partial charge in [-0.25, -0.2) is 9.79 Å². The molecular weight excluding hydrogens is 244 g/mol. The van der Waals surface area contributed by atoms with E-state index in [2.05, 4.69) is 4.99 Å². The summed E-state index contributed by atoms with van der Waals surface area (Å²) < 4.78 is 5.38. The van der Waals surface area contributed by atoms with Gasteiger partial charge in [-0.2, -0.15) is 0 Å². The summed E-state index contributed by atoms with van der Waals surface area (Å²) in [5, 5.41) is 0. The fourth-order valence-electron chi connectivity index (χ4n) is 1.75. The molecule has 0 radical (unpaired) electrons. The number of hydrogen-bond acceptors (Lipinski definition) is 4. The predicted molar refractivity (Wildman–Crippen MR) is 71.9 cm³/mol. The smallest absolute Gasteiger partial charge is 0.416 e. The van der Waals surface area contributed by atoms with Gasteiger partial charge in [0, 0.05) is 25.3 Å². The highest BCUT2D eigenvalue weighted by Crippen LogP contribution is 2.31. The summed E-state index contributed by atoms with van der Waals surface area (Å²) in [6, 6.07) is 0. The molecule has 0 spiro atoms. The van der Waals surface area contributed by atoms with E-state index in [0.29, 0.717) is 24.7 Å². The van der Waals surface area contributed by atoms with Gasteiger partial charge in [-0.05, 0) is 39.5 Å². The Balaban J connectivity index is 2.13. The number of carbonyl (C=O) groups excluding carboxylic acids is 2.